The zero-order valence-corrected chi connectivity index (χ0v) is 14.9. The summed E-state index contributed by atoms with van der Waals surface area (Å²) in [7, 11) is 0. The fraction of sp³-hybridized carbons (Fsp3) is 0.350. The molecule has 0 aliphatic carbocycles. The van der Waals surface area contributed by atoms with E-state index in [9.17, 15) is 9.59 Å². The second-order valence-electron chi connectivity index (χ2n) is 6.52. The van der Waals surface area contributed by atoms with E-state index in [0.29, 0.717) is 38.2 Å². The third kappa shape index (κ3) is 3.40. The molecule has 2 heterocycles. The fourth-order valence-corrected chi connectivity index (χ4v) is 3.47. The highest BCUT2D eigenvalue weighted by atomic mass is 16.3. The molecule has 0 spiro atoms. The fourth-order valence-electron chi connectivity index (χ4n) is 3.47. The minimum atomic E-state index is -0.656. The molecule has 0 radical (unpaired) electrons. The van der Waals surface area contributed by atoms with Gasteiger partial charge in [0.2, 0.25) is 11.8 Å². The van der Waals surface area contributed by atoms with Gasteiger partial charge in [-0.2, -0.15) is 0 Å². The van der Waals surface area contributed by atoms with Crippen molar-refractivity contribution in [2.45, 2.75) is 31.7 Å². The Morgan fingerprint density at radius 3 is 2.58 bits per heavy atom. The number of hydrogen-bond donors (Lipinski definition) is 1. The number of piperidine rings is 1. The van der Waals surface area contributed by atoms with Gasteiger partial charge in [-0.1, -0.05) is 36.9 Å². The van der Waals surface area contributed by atoms with Gasteiger partial charge in [-0.3, -0.25) is 9.59 Å². The van der Waals surface area contributed by atoms with Crippen LogP contribution < -0.4 is 5.32 Å². The molecule has 26 heavy (non-hydrogen) atoms. The molecule has 0 saturated carbocycles. The van der Waals surface area contributed by atoms with Crippen LogP contribution in [0.25, 0.3) is 0 Å². The van der Waals surface area contributed by atoms with Crippen LogP contribution in [0.5, 0.6) is 0 Å². The number of rotatable bonds is 5. The van der Waals surface area contributed by atoms with Gasteiger partial charge in [0, 0.05) is 13.1 Å². The summed E-state index contributed by atoms with van der Waals surface area (Å²) in [5, 5.41) is 3.01. The Morgan fingerprint density at radius 1 is 1.31 bits per heavy atom. The molecule has 2 amide bonds. The number of benzene rings is 1. The largest absolute Gasteiger partial charge is 0.448 e. The maximum atomic E-state index is 13.2. The maximum absolute atomic E-state index is 13.2. The lowest BCUT2D eigenvalue weighted by molar-refractivity contribution is -0.134. The van der Waals surface area contributed by atoms with Gasteiger partial charge in [-0.25, -0.2) is 4.98 Å². The third-order valence-corrected chi connectivity index (χ3v) is 5.13. The van der Waals surface area contributed by atoms with Crippen LogP contribution >= 0.6 is 0 Å². The van der Waals surface area contributed by atoms with E-state index in [0.717, 1.165) is 11.3 Å². The molecule has 3 rings (SSSR count). The van der Waals surface area contributed by atoms with Gasteiger partial charge in [0.15, 0.2) is 6.39 Å². The van der Waals surface area contributed by atoms with Crippen LogP contribution in [0.2, 0.25) is 0 Å². The first-order chi connectivity index (χ1) is 12.6. The number of carbonyl (C=O) groups is 2. The average Bonchev–Trinajstić information content (AvgIpc) is 3.11. The Balaban J connectivity index is 1.80. The topological polar surface area (TPSA) is 75.4 Å². The summed E-state index contributed by atoms with van der Waals surface area (Å²) in [6.07, 6.45) is 3.84. The molecular weight excluding hydrogens is 330 g/mol. The minimum absolute atomic E-state index is 0.0446. The number of nitrogens with one attached hydrogen (secondary N) is 1. The predicted molar refractivity (Wildman–Crippen MR) is 97.2 cm³/mol. The summed E-state index contributed by atoms with van der Waals surface area (Å²) >= 11 is 0. The van der Waals surface area contributed by atoms with Crippen LogP contribution in [-0.4, -0.2) is 34.8 Å². The zero-order valence-electron chi connectivity index (χ0n) is 14.9. The second kappa shape index (κ2) is 7.56. The summed E-state index contributed by atoms with van der Waals surface area (Å²) in [4.78, 5) is 30.9. The molecule has 136 valence electrons. The summed E-state index contributed by atoms with van der Waals surface area (Å²) in [5.74, 6) is 0.563. The van der Waals surface area contributed by atoms with E-state index in [1.165, 1.54) is 12.5 Å². The molecule has 0 unspecified atom stereocenters. The quantitative estimate of drug-likeness (QED) is 0.837. The molecule has 1 aromatic heterocycles. The number of aryl methyl sites for hydroxylation is 1. The normalized spacial score (nSPS) is 16.1. The van der Waals surface area contributed by atoms with E-state index < -0.39 is 5.41 Å². The van der Waals surface area contributed by atoms with Crippen molar-refractivity contribution in [3.63, 3.8) is 0 Å². The Labute approximate surface area is 152 Å². The average molecular weight is 353 g/mol. The van der Waals surface area contributed by atoms with E-state index >= 15 is 0 Å². The third-order valence-electron chi connectivity index (χ3n) is 5.13. The molecule has 0 atom stereocenters. The Bertz CT molecular complexity index is 790. The maximum Gasteiger partial charge on any atom is 0.245 e. The lowest BCUT2D eigenvalue weighted by atomic mass is 9.72. The molecule has 1 aliphatic rings. The van der Waals surface area contributed by atoms with E-state index in [-0.39, 0.29) is 11.8 Å². The van der Waals surface area contributed by atoms with E-state index in [2.05, 4.69) is 16.9 Å². The van der Waals surface area contributed by atoms with Crippen molar-refractivity contribution in [1.29, 1.82) is 0 Å². The molecule has 1 saturated heterocycles. The van der Waals surface area contributed by atoms with E-state index in [1.54, 1.807) is 4.90 Å². The first-order valence-corrected chi connectivity index (χ1v) is 8.71. The van der Waals surface area contributed by atoms with Crippen LogP contribution in [0.15, 0.2) is 53.8 Å². The van der Waals surface area contributed by atoms with Gasteiger partial charge >= 0.3 is 0 Å². The number of oxazole rings is 1. The van der Waals surface area contributed by atoms with Crippen LogP contribution in [0.1, 0.15) is 29.9 Å². The monoisotopic (exact) mass is 353 g/mol. The minimum Gasteiger partial charge on any atom is -0.448 e. The lowest BCUT2D eigenvalue weighted by Gasteiger charge is -2.40. The van der Waals surface area contributed by atoms with Crippen LogP contribution in [0, 0.1) is 6.92 Å². The Kier molecular flexibility index (Phi) is 5.21. The van der Waals surface area contributed by atoms with E-state index in [4.69, 9.17) is 4.42 Å². The van der Waals surface area contributed by atoms with Gasteiger partial charge in [0.25, 0.3) is 0 Å². The SMILES string of the molecule is C=CC(=O)N1CCC(C(=O)NCc2ncoc2C)(c2ccccc2)CC1. The molecule has 0 bridgehead atoms. The molecule has 2 aromatic rings. The standard InChI is InChI=1S/C20H23N3O3/c1-3-18(24)23-11-9-20(10-12-23,16-7-5-4-6-8-16)19(25)21-13-17-15(2)26-14-22-17/h3-8,14H,1,9-13H2,2H3,(H,21,25). The van der Waals surface area contributed by atoms with Gasteiger partial charge in [-0.15, -0.1) is 0 Å². The van der Waals surface area contributed by atoms with Crippen molar-refractivity contribution in [2.75, 3.05) is 13.1 Å². The van der Waals surface area contributed by atoms with Gasteiger partial charge in [-0.05, 0) is 31.4 Å². The van der Waals surface area contributed by atoms with Crippen molar-refractivity contribution in [3.05, 3.63) is 66.4 Å². The van der Waals surface area contributed by atoms with E-state index in [1.807, 2.05) is 37.3 Å². The van der Waals surface area contributed by atoms with Crippen molar-refractivity contribution in [2.24, 2.45) is 0 Å². The van der Waals surface area contributed by atoms with Crippen molar-refractivity contribution in [3.8, 4) is 0 Å². The van der Waals surface area contributed by atoms with Crippen molar-refractivity contribution in [1.82, 2.24) is 15.2 Å². The molecule has 1 N–H and O–H groups in total. The highest BCUT2D eigenvalue weighted by Crippen LogP contribution is 2.36. The van der Waals surface area contributed by atoms with Crippen molar-refractivity contribution < 1.29 is 14.0 Å². The summed E-state index contributed by atoms with van der Waals surface area (Å²) in [6, 6.07) is 9.77. The van der Waals surface area contributed by atoms with Crippen molar-refractivity contribution >= 4 is 11.8 Å². The second-order valence-corrected chi connectivity index (χ2v) is 6.52. The Morgan fingerprint density at radius 2 is 2.00 bits per heavy atom. The molecule has 1 aromatic carbocycles. The van der Waals surface area contributed by atoms with Crippen LogP contribution in [0.4, 0.5) is 0 Å². The number of hydrogen-bond acceptors (Lipinski definition) is 4. The highest BCUT2D eigenvalue weighted by Gasteiger charge is 2.43. The van der Waals surface area contributed by atoms with Gasteiger partial charge in [0.1, 0.15) is 11.5 Å². The predicted octanol–water partition coefficient (Wildman–Crippen LogP) is 2.35. The first-order valence-electron chi connectivity index (χ1n) is 8.71. The molecular formula is C20H23N3O3. The molecule has 1 aliphatic heterocycles. The lowest BCUT2D eigenvalue weighted by Crippen LogP contribution is -2.52. The molecule has 1 fully saturated rings. The molecule has 6 heteroatoms. The summed E-state index contributed by atoms with van der Waals surface area (Å²) in [6.45, 7) is 6.74. The number of nitrogens with zero attached hydrogens (tertiary/aromatic N) is 2. The number of carbonyl (C=O) groups excluding carboxylic acids is 2. The smallest absolute Gasteiger partial charge is 0.245 e. The van der Waals surface area contributed by atoms with Crippen LogP contribution in [-0.2, 0) is 21.5 Å². The van der Waals surface area contributed by atoms with Crippen LogP contribution in [0.3, 0.4) is 0 Å². The summed E-state index contributed by atoms with van der Waals surface area (Å²) < 4.78 is 5.19. The first kappa shape index (κ1) is 17.9. The number of aromatic nitrogens is 1. The molecule has 6 nitrogen and oxygen atoms in total. The highest BCUT2D eigenvalue weighted by molar-refractivity contribution is 5.90. The number of likely N-dealkylation sites (tertiary alicyclic amines) is 1. The Hall–Kier alpha value is -2.89. The number of amides is 2. The van der Waals surface area contributed by atoms with Gasteiger partial charge < -0.3 is 14.6 Å². The van der Waals surface area contributed by atoms with Gasteiger partial charge in [0.05, 0.1) is 12.0 Å². The summed E-state index contributed by atoms with van der Waals surface area (Å²) in [5.41, 5.74) is 1.04. The zero-order chi connectivity index (χ0) is 18.6.